The van der Waals surface area contributed by atoms with Gasteiger partial charge in [0.1, 0.15) is 0 Å². The second-order valence-corrected chi connectivity index (χ2v) is 5.64. The Morgan fingerprint density at radius 2 is 2.06 bits per heavy atom. The third-order valence-corrected chi connectivity index (χ3v) is 4.35. The van der Waals surface area contributed by atoms with Crippen molar-refractivity contribution >= 4 is 0 Å². The Labute approximate surface area is 103 Å². The molecule has 4 nitrogen and oxygen atoms in total. The Bertz CT molecular complexity index is 348. The van der Waals surface area contributed by atoms with Gasteiger partial charge in [0.2, 0.25) is 0 Å². The molecular weight excluding hydrogens is 212 g/mol. The number of hydrogen-bond acceptors (Lipinski definition) is 3. The summed E-state index contributed by atoms with van der Waals surface area (Å²) in [7, 11) is 0. The predicted octanol–water partition coefficient (Wildman–Crippen LogP) is 1.23. The van der Waals surface area contributed by atoms with E-state index in [4.69, 9.17) is 5.73 Å². The van der Waals surface area contributed by atoms with Gasteiger partial charge in [-0.3, -0.25) is 9.58 Å². The van der Waals surface area contributed by atoms with Crippen LogP contribution in [-0.2, 0) is 6.54 Å². The van der Waals surface area contributed by atoms with Gasteiger partial charge in [-0.05, 0) is 38.7 Å². The summed E-state index contributed by atoms with van der Waals surface area (Å²) in [5.41, 5.74) is 6.11. The first-order valence-corrected chi connectivity index (χ1v) is 6.74. The Hall–Kier alpha value is -0.870. The molecule has 1 aromatic rings. The number of rotatable bonds is 3. The molecule has 2 aliphatic heterocycles. The van der Waals surface area contributed by atoms with Crippen molar-refractivity contribution in [3.05, 3.63) is 18.5 Å². The molecule has 2 aliphatic rings. The molecule has 2 N–H and O–H groups in total. The zero-order chi connectivity index (χ0) is 11.8. The molecule has 4 heteroatoms. The van der Waals surface area contributed by atoms with Gasteiger partial charge in [-0.15, -0.1) is 0 Å². The fraction of sp³-hybridized carbons (Fsp3) is 0.769. The molecule has 2 bridgehead atoms. The molecule has 3 heterocycles. The molecule has 0 aromatic carbocycles. The summed E-state index contributed by atoms with van der Waals surface area (Å²) in [4.78, 5) is 2.70. The van der Waals surface area contributed by atoms with E-state index in [-0.39, 0.29) is 0 Å². The molecule has 0 radical (unpaired) electrons. The van der Waals surface area contributed by atoms with Crippen molar-refractivity contribution in [1.82, 2.24) is 14.7 Å². The fourth-order valence-corrected chi connectivity index (χ4v) is 3.75. The smallest absolute Gasteiger partial charge is 0.0562 e. The van der Waals surface area contributed by atoms with E-state index in [1.807, 2.05) is 23.1 Å². The maximum absolute atomic E-state index is 6.11. The Morgan fingerprint density at radius 1 is 1.35 bits per heavy atom. The van der Waals surface area contributed by atoms with Crippen molar-refractivity contribution in [2.75, 3.05) is 0 Å². The number of fused-ring (bicyclic) bond motifs is 2. The van der Waals surface area contributed by atoms with E-state index in [2.05, 4.69) is 16.9 Å². The van der Waals surface area contributed by atoms with E-state index in [0.29, 0.717) is 24.2 Å². The molecule has 3 atom stereocenters. The number of hydrogen-bond donors (Lipinski definition) is 1. The first-order chi connectivity index (χ1) is 8.24. The van der Waals surface area contributed by atoms with Gasteiger partial charge in [0.15, 0.2) is 0 Å². The average molecular weight is 234 g/mol. The van der Waals surface area contributed by atoms with Gasteiger partial charge in [0.05, 0.1) is 6.54 Å². The van der Waals surface area contributed by atoms with Crippen LogP contribution >= 0.6 is 0 Å². The molecule has 0 aliphatic carbocycles. The maximum atomic E-state index is 6.11. The largest absolute Gasteiger partial charge is 0.328 e. The number of nitrogens with zero attached hydrogens (tertiary/aromatic N) is 3. The van der Waals surface area contributed by atoms with Gasteiger partial charge < -0.3 is 5.73 Å². The topological polar surface area (TPSA) is 47.1 Å². The summed E-state index contributed by atoms with van der Waals surface area (Å²) in [6.45, 7) is 3.32. The van der Waals surface area contributed by atoms with Crippen LogP contribution in [0, 0.1) is 0 Å². The van der Waals surface area contributed by atoms with Gasteiger partial charge >= 0.3 is 0 Å². The van der Waals surface area contributed by atoms with Crippen LogP contribution in [0.15, 0.2) is 18.5 Å². The second-order valence-electron chi connectivity index (χ2n) is 5.64. The van der Waals surface area contributed by atoms with Crippen molar-refractivity contribution in [2.45, 2.75) is 63.3 Å². The lowest BCUT2D eigenvalue weighted by Crippen LogP contribution is -2.52. The van der Waals surface area contributed by atoms with Crippen LogP contribution in [0.25, 0.3) is 0 Å². The lowest BCUT2D eigenvalue weighted by Gasteiger charge is -2.41. The van der Waals surface area contributed by atoms with Crippen LogP contribution in [0.4, 0.5) is 0 Å². The molecule has 1 aromatic heterocycles. The fourth-order valence-electron chi connectivity index (χ4n) is 3.75. The summed E-state index contributed by atoms with van der Waals surface area (Å²) in [5.74, 6) is 0. The quantitative estimate of drug-likeness (QED) is 0.855. The van der Waals surface area contributed by atoms with Crippen molar-refractivity contribution in [2.24, 2.45) is 5.73 Å². The van der Waals surface area contributed by atoms with Crippen molar-refractivity contribution in [3.8, 4) is 0 Å². The first-order valence-electron chi connectivity index (χ1n) is 6.74. The minimum atomic E-state index is 0.431. The summed E-state index contributed by atoms with van der Waals surface area (Å²) in [5, 5.41) is 4.30. The third-order valence-electron chi connectivity index (χ3n) is 4.35. The molecule has 2 saturated heterocycles. The predicted molar refractivity (Wildman–Crippen MR) is 67.5 cm³/mol. The normalized spacial score (nSPS) is 35.1. The first kappa shape index (κ1) is 11.2. The number of piperidine rings is 1. The molecule has 0 spiro atoms. The van der Waals surface area contributed by atoms with Gasteiger partial charge in [0.25, 0.3) is 0 Å². The zero-order valence-corrected chi connectivity index (χ0v) is 10.5. The second kappa shape index (κ2) is 4.42. The van der Waals surface area contributed by atoms with E-state index < -0.39 is 0 Å². The highest BCUT2D eigenvalue weighted by molar-refractivity contribution is 4.98. The molecule has 94 valence electrons. The lowest BCUT2D eigenvalue weighted by atomic mass is 9.96. The Balaban J connectivity index is 1.68. The van der Waals surface area contributed by atoms with Crippen LogP contribution in [0.5, 0.6) is 0 Å². The minimum Gasteiger partial charge on any atom is -0.328 e. The van der Waals surface area contributed by atoms with Crippen LogP contribution in [-0.4, -0.2) is 38.8 Å². The Morgan fingerprint density at radius 3 is 2.65 bits per heavy atom. The minimum absolute atomic E-state index is 0.431. The zero-order valence-electron chi connectivity index (χ0n) is 10.5. The summed E-state index contributed by atoms with van der Waals surface area (Å²) in [6, 6.07) is 4.43. The van der Waals surface area contributed by atoms with Crippen LogP contribution in [0.3, 0.4) is 0 Å². The van der Waals surface area contributed by atoms with Gasteiger partial charge in [-0.2, -0.15) is 5.10 Å². The van der Waals surface area contributed by atoms with E-state index in [1.165, 1.54) is 25.7 Å². The molecule has 3 unspecified atom stereocenters. The highest BCUT2D eigenvalue weighted by Gasteiger charge is 2.41. The molecule has 0 amide bonds. The SMILES string of the molecule is CC(Cn1cccn1)N1C2CCC1CC(N)C2. The summed E-state index contributed by atoms with van der Waals surface area (Å²) >= 11 is 0. The van der Waals surface area contributed by atoms with E-state index in [1.54, 1.807) is 0 Å². The van der Waals surface area contributed by atoms with Gasteiger partial charge in [-0.1, -0.05) is 0 Å². The third kappa shape index (κ3) is 2.11. The Kier molecular flexibility index (Phi) is 2.92. The van der Waals surface area contributed by atoms with Gasteiger partial charge in [0, 0.05) is 36.6 Å². The maximum Gasteiger partial charge on any atom is 0.0562 e. The van der Waals surface area contributed by atoms with E-state index in [0.717, 1.165) is 6.54 Å². The monoisotopic (exact) mass is 234 g/mol. The molecule has 3 rings (SSSR count). The molecular formula is C13H22N4. The van der Waals surface area contributed by atoms with Crippen molar-refractivity contribution in [3.63, 3.8) is 0 Å². The highest BCUT2D eigenvalue weighted by atomic mass is 15.3. The lowest BCUT2D eigenvalue weighted by molar-refractivity contribution is 0.0752. The summed E-state index contributed by atoms with van der Waals surface area (Å²) < 4.78 is 2.04. The van der Waals surface area contributed by atoms with Gasteiger partial charge in [-0.25, -0.2) is 0 Å². The number of nitrogens with two attached hydrogens (primary N) is 1. The molecule has 2 fully saturated rings. The van der Waals surface area contributed by atoms with Crippen LogP contribution in [0.2, 0.25) is 0 Å². The van der Waals surface area contributed by atoms with Crippen LogP contribution < -0.4 is 5.73 Å². The standard InChI is InChI=1S/C13H22N4/c1-10(9-16-6-2-5-15-16)17-12-3-4-13(17)8-11(14)7-12/h2,5-6,10-13H,3-4,7-9,14H2,1H3. The van der Waals surface area contributed by atoms with E-state index in [9.17, 15) is 0 Å². The van der Waals surface area contributed by atoms with E-state index >= 15 is 0 Å². The average Bonchev–Trinajstić information content (AvgIpc) is 2.86. The molecule has 17 heavy (non-hydrogen) atoms. The van der Waals surface area contributed by atoms with Crippen molar-refractivity contribution < 1.29 is 0 Å². The molecule has 0 saturated carbocycles. The summed E-state index contributed by atoms with van der Waals surface area (Å²) in [6.07, 6.45) is 8.94. The van der Waals surface area contributed by atoms with Crippen LogP contribution in [0.1, 0.15) is 32.6 Å². The number of aromatic nitrogens is 2. The van der Waals surface area contributed by atoms with Crippen molar-refractivity contribution in [1.29, 1.82) is 0 Å². The highest BCUT2D eigenvalue weighted by Crippen LogP contribution is 2.36.